The molecule has 0 aliphatic rings. The maximum atomic E-state index is 12.6. The molecule has 0 fully saturated rings. The lowest BCUT2D eigenvalue weighted by molar-refractivity contribution is -0.131. The summed E-state index contributed by atoms with van der Waals surface area (Å²) in [6.45, 7) is 6.60. The molecular weight excluding hydrogens is 272 g/mol. The van der Waals surface area contributed by atoms with Crippen LogP contribution in [0.2, 0.25) is 0 Å². The van der Waals surface area contributed by atoms with Crippen molar-refractivity contribution >= 4 is 12.0 Å². The van der Waals surface area contributed by atoms with E-state index in [1.807, 2.05) is 80.3 Å². The first-order chi connectivity index (χ1) is 10.5. The zero-order chi connectivity index (χ0) is 16.0. The summed E-state index contributed by atoms with van der Waals surface area (Å²) in [5, 5.41) is 0. The molecule has 0 N–H and O–H groups in total. The molecule has 0 aliphatic carbocycles. The molecule has 1 amide bonds. The summed E-state index contributed by atoms with van der Waals surface area (Å²) in [5.74, 6) is -0.0120. The molecule has 2 aromatic rings. The molecule has 0 atom stereocenters. The highest BCUT2D eigenvalue weighted by molar-refractivity contribution is 5.92. The summed E-state index contributed by atoms with van der Waals surface area (Å²) in [7, 11) is 0. The van der Waals surface area contributed by atoms with E-state index >= 15 is 0 Å². The average molecular weight is 294 g/mol. The van der Waals surface area contributed by atoms with E-state index in [1.54, 1.807) is 12.3 Å². The van der Waals surface area contributed by atoms with Crippen LogP contribution in [-0.4, -0.2) is 21.3 Å². The quantitative estimate of drug-likeness (QED) is 0.801. The van der Waals surface area contributed by atoms with E-state index in [0.29, 0.717) is 6.54 Å². The standard InChI is InChI=1S/C19H22N2O/c1-19(2,3)21(15-17-11-7-8-14-20-17)18(22)13-12-16-9-5-4-6-10-16/h4-14H,15H2,1-3H3. The van der Waals surface area contributed by atoms with Crippen molar-refractivity contribution in [1.82, 2.24) is 9.88 Å². The Morgan fingerprint density at radius 3 is 2.36 bits per heavy atom. The van der Waals surface area contributed by atoms with Crippen LogP contribution >= 0.6 is 0 Å². The third-order valence-corrected chi connectivity index (χ3v) is 3.34. The van der Waals surface area contributed by atoms with Gasteiger partial charge in [-0.3, -0.25) is 9.78 Å². The molecule has 0 spiro atoms. The summed E-state index contributed by atoms with van der Waals surface area (Å²) in [6.07, 6.45) is 5.23. The van der Waals surface area contributed by atoms with Crippen LogP contribution < -0.4 is 0 Å². The Labute approximate surface area is 132 Å². The van der Waals surface area contributed by atoms with Crippen LogP contribution in [0.15, 0.2) is 60.8 Å². The summed E-state index contributed by atoms with van der Waals surface area (Å²) in [6, 6.07) is 15.6. The van der Waals surface area contributed by atoms with Crippen molar-refractivity contribution in [1.29, 1.82) is 0 Å². The van der Waals surface area contributed by atoms with Crippen molar-refractivity contribution in [3.8, 4) is 0 Å². The minimum Gasteiger partial charge on any atom is -0.328 e. The van der Waals surface area contributed by atoms with Gasteiger partial charge in [-0.25, -0.2) is 0 Å². The van der Waals surface area contributed by atoms with E-state index < -0.39 is 0 Å². The minimum atomic E-state index is -0.268. The molecule has 2 rings (SSSR count). The number of nitrogens with zero attached hydrogens (tertiary/aromatic N) is 2. The molecule has 1 heterocycles. The number of carbonyl (C=O) groups excluding carboxylic acids is 1. The second-order valence-electron chi connectivity index (χ2n) is 6.16. The van der Waals surface area contributed by atoms with Gasteiger partial charge in [0.2, 0.25) is 5.91 Å². The second-order valence-corrected chi connectivity index (χ2v) is 6.16. The van der Waals surface area contributed by atoms with Gasteiger partial charge in [-0.05, 0) is 44.5 Å². The van der Waals surface area contributed by atoms with E-state index in [-0.39, 0.29) is 11.4 Å². The second kappa shape index (κ2) is 7.03. The number of hydrogen-bond acceptors (Lipinski definition) is 2. The molecule has 0 saturated carbocycles. The molecular formula is C19H22N2O. The van der Waals surface area contributed by atoms with Crippen LogP contribution in [0.1, 0.15) is 32.0 Å². The SMILES string of the molecule is CC(C)(C)N(Cc1ccccn1)C(=O)C=Cc1ccccc1. The Balaban J connectivity index is 2.15. The first-order valence-corrected chi connectivity index (χ1v) is 7.41. The Morgan fingerprint density at radius 1 is 1.09 bits per heavy atom. The maximum absolute atomic E-state index is 12.6. The highest BCUT2D eigenvalue weighted by atomic mass is 16.2. The number of aromatic nitrogens is 1. The van der Waals surface area contributed by atoms with Crippen LogP contribution in [-0.2, 0) is 11.3 Å². The van der Waals surface area contributed by atoms with E-state index in [0.717, 1.165) is 11.3 Å². The van der Waals surface area contributed by atoms with Crippen LogP contribution in [0.5, 0.6) is 0 Å². The summed E-state index contributed by atoms with van der Waals surface area (Å²) in [4.78, 5) is 18.7. The highest BCUT2D eigenvalue weighted by Gasteiger charge is 2.25. The number of rotatable bonds is 4. The van der Waals surface area contributed by atoms with Gasteiger partial charge in [0.25, 0.3) is 0 Å². The fraction of sp³-hybridized carbons (Fsp3) is 0.263. The molecule has 0 saturated heterocycles. The summed E-state index contributed by atoms with van der Waals surface area (Å²) in [5.41, 5.74) is 1.64. The average Bonchev–Trinajstić information content (AvgIpc) is 2.51. The van der Waals surface area contributed by atoms with Crippen LogP contribution in [0, 0.1) is 0 Å². The fourth-order valence-electron chi connectivity index (χ4n) is 2.12. The zero-order valence-corrected chi connectivity index (χ0v) is 13.4. The van der Waals surface area contributed by atoms with Gasteiger partial charge in [0, 0.05) is 17.8 Å². The Hall–Kier alpha value is -2.42. The number of pyridine rings is 1. The first-order valence-electron chi connectivity index (χ1n) is 7.41. The van der Waals surface area contributed by atoms with Crippen molar-refractivity contribution in [2.75, 3.05) is 0 Å². The summed E-state index contributed by atoms with van der Waals surface area (Å²) < 4.78 is 0. The molecule has 0 radical (unpaired) electrons. The molecule has 0 unspecified atom stereocenters. The van der Waals surface area contributed by atoms with E-state index in [9.17, 15) is 4.79 Å². The van der Waals surface area contributed by atoms with Crippen molar-refractivity contribution in [3.05, 3.63) is 72.1 Å². The Morgan fingerprint density at radius 2 is 1.77 bits per heavy atom. The lowest BCUT2D eigenvalue weighted by Gasteiger charge is -2.34. The normalized spacial score (nSPS) is 11.6. The van der Waals surface area contributed by atoms with Gasteiger partial charge in [0.05, 0.1) is 12.2 Å². The zero-order valence-electron chi connectivity index (χ0n) is 13.4. The van der Waals surface area contributed by atoms with Crippen molar-refractivity contribution in [3.63, 3.8) is 0 Å². The number of carbonyl (C=O) groups is 1. The minimum absolute atomic E-state index is 0.0120. The highest BCUT2D eigenvalue weighted by Crippen LogP contribution is 2.17. The van der Waals surface area contributed by atoms with Gasteiger partial charge in [0.1, 0.15) is 0 Å². The van der Waals surface area contributed by atoms with Crippen molar-refractivity contribution < 1.29 is 4.79 Å². The number of amides is 1. The largest absolute Gasteiger partial charge is 0.328 e. The van der Waals surface area contributed by atoms with Crippen molar-refractivity contribution in [2.45, 2.75) is 32.9 Å². The lowest BCUT2D eigenvalue weighted by Crippen LogP contribution is -2.44. The van der Waals surface area contributed by atoms with Crippen LogP contribution in [0.4, 0.5) is 0 Å². The van der Waals surface area contributed by atoms with Gasteiger partial charge >= 0.3 is 0 Å². The fourth-order valence-corrected chi connectivity index (χ4v) is 2.12. The smallest absolute Gasteiger partial charge is 0.247 e. The third-order valence-electron chi connectivity index (χ3n) is 3.34. The number of hydrogen-bond donors (Lipinski definition) is 0. The predicted octanol–water partition coefficient (Wildman–Crippen LogP) is 3.92. The molecule has 22 heavy (non-hydrogen) atoms. The molecule has 1 aromatic heterocycles. The Bertz CT molecular complexity index is 627. The molecule has 0 bridgehead atoms. The van der Waals surface area contributed by atoms with E-state index in [1.165, 1.54) is 0 Å². The number of benzene rings is 1. The Kier molecular flexibility index (Phi) is 5.10. The van der Waals surface area contributed by atoms with Gasteiger partial charge in [0.15, 0.2) is 0 Å². The summed E-state index contributed by atoms with van der Waals surface area (Å²) >= 11 is 0. The van der Waals surface area contributed by atoms with E-state index in [4.69, 9.17) is 0 Å². The molecule has 114 valence electrons. The van der Waals surface area contributed by atoms with Gasteiger partial charge < -0.3 is 4.90 Å². The predicted molar refractivity (Wildman–Crippen MR) is 90.0 cm³/mol. The first kappa shape index (κ1) is 16.0. The van der Waals surface area contributed by atoms with Crippen LogP contribution in [0.25, 0.3) is 6.08 Å². The molecule has 1 aromatic carbocycles. The maximum Gasteiger partial charge on any atom is 0.247 e. The van der Waals surface area contributed by atoms with Crippen molar-refractivity contribution in [2.24, 2.45) is 0 Å². The molecule has 3 heteroatoms. The van der Waals surface area contributed by atoms with E-state index in [2.05, 4.69) is 4.98 Å². The topological polar surface area (TPSA) is 33.2 Å². The van der Waals surface area contributed by atoms with Gasteiger partial charge in [-0.1, -0.05) is 36.4 Å². The monoisotopic (exact) mass is 294 g/mol. The van der Waals surface area contributed by atoms with Gasteiger partial charge in [-0.15, -0.1) is 0 Å². The third kappa shape index (κ3) is 4.55. The lowest BCUT2D eigenvalue weighted by atomic mass is 10.0. The molecule has 0 aliphatic heterocycles. The molecule has 3 nitrogen and oxygen atoms in total. The van der Waals surface area contributed by atoms with Gasteiger partial charge in [-0.2, -0.15) is 0 Å². The van der Waals surface area contributed by atoms with Crippen LogP contribution in [0.3, 0.4) is 0 Å².